The molecule has 3 N–H and O–H groups in total. The van der Waals surface area contributed by atoms with Crippen molar-refractivity contribution in [3.8, 4) is 0 Å². The second kappa shape index (κ2) is 4.29. The maximum Gasteiger partial charge on any atom is 0.344 e. The van der Waals surface area contributed by atoms with Crippen LogP contribution < -0.4 is 5.32 Å². The lowest BCUT2D eigenvalue weighted by molar-refractivity contribution is 0.196. The second-order valence-corrected chi connectivity index (χ2v) is 5.13. The largest absolute Gasteiger partial charge is 0.344 e. The van der Waals surface area contributed by atoms with Gasteiger partial charge in [0.2, 0.25) is 0 Å². The number of nitrogens with one attached hydrogen (secondary N) is 1. The van der Waals surface area contributed by atoms with Crippen molar-refractivity contribution in [1.82, 2.24) is 10.2 Å². The molecule has 6 nitrogen and oxygen atoms in total. The highest BCUT2D eigenvalue weighted by Crippen LogP contribution is 2.32. The predicted octanol–water partition coefficient (Wildman–Crippen LogP) is 0.315. The quantitative estimate of drug-likeness (QED) is 0.587. The van der Waals surface area contributed by atoms with E-state index in [1.807, 2.05) is 6.92 Å². The molecule has 1 heterocycles. The van der Waals surface area contributed by atoms with Crippen molar-refractivity contribution in [1.29, 1.82) is 0 Å². The van der Waals surface area contributed by atoms with Gasteiger partial charge in [-0.15, -0.1) is 0 Å². The third-order valence-electron chi connectivity index (χ3n) is 2.25. The molecule has 0 aromatic heterocycles. The molecule has 0 saturated carbocycles. The Balaban J connectivity index is 2.39. The fourth-order valence-electron chi connectivity index (χ4n) is 1.51. The van der Waals surface area contributed by atoms with Crippen LogP contribution in [0.3, 0.4) is 0 Å². The van der Waals surface area contributed by atoms with E-state index in [0.717, 1.165) is 12.8 Å². The zero-order valence-corrected chi connectivity index (χ0v) is 8.91. The molecule has 0 radical (unpaired) electrons. The summed E-state index contributed by atoms with van der Waals surface area (Å²) in [5.41, 5.74) is 0. The molecule has 0 aromatic carbocycles. The van der Waals surface area contributed by atoms with Crippen LogP contribution in [0.1, 0.15) is 19.8 Å². The van der Waals surface area contributed by atoms with Crippen LogP contribution in [-0.2, 0) is 4.57 Å². The third kappa shape index (κ3) is 3.29. The van der Waals surface area contributed by atoms with Gasteiger partial charge in [-0.05, 0) is 19.8 Å². The van der Waals surface area contributed by atoms with Gasteiger partial charge in [-0.3, -0.25) is 4.57 Å². The van der Waals surface area contributed by atoms with Gasteiger partial charge >= 0.3 is 13.6 Å². The van der Waals surface area contributed by atoms with Crippen LogP contribution >= 0.6 is 7.60 Å². The fraction of sp³-hybridized carbons (Fsp3) is 0.857. The molecule has 0 unspecified atom stereocenters. The molecular weight excluding hydrogens is 207 g/mol. The van der Waals surface area contributed by atoms with Gasteiger partial charge in [-0.2, -0.15) is 0 Å². The van der Waals surface area contributed by atoms with E-state index in [4.69, 9.17) is 9.79 Å². The van der Waals surface area contributed by atoms with Crippen LogP contribution in [0.15, 0.2) is 0 Å². The Kier molecular flexibility index (Phi) is 3.53. The summed E-state index contributed by atoms with van der Waals surface area (Å²) in [5, 5.41) is 2.22. The van der Waals surface area contributed by atoms with Crippen LogP contribution in [0, 0.1) is 0 Å². The predicted molar refractivity (Wildman–Crippen MR) is 50.8 cm³/mol. The Hall–Kier alpha value is -0.580. The lowest BCUT2D eigenvalue weighted by atomic mass is 10.2. The molecule has 1 rings (SSSR count). The zero-order valence-electron chi connectivity index (χ0n) is 8.01. The van der Waals surface area contributed by atoms with Crippen molar-refractivity contribution < 1.29 is 19.1 Å². The molecule has 0 aliphatic carbocycles. The summed E-state index contributed by atoms with van der Waals surface area (Å²) in [5.74, 6) is 0. The first kappa shape index (κ1) is 11.5. The number of hydrogen-bond acceptors (Lipinski definition) is 2. The molecule has 14 heavy (non-hydrogen) atoms. The molecule has 1 fully saturated rings. The van der Waals surface area contributed by atoms with E-state index in [-0.39, 0.29) is 6.04 Å². The molecular formula is C7H15N2O4P. The van der Waals surface area contributed by atoms with Crippen LogP contribution in [0.2, 0.25) is 0 Å². The highest BCUT2D eigenvalue weighted by Gasteiger charge is 2.26. The number of rotatable bonds is 2. The van der Waals surface area contributed by atoms with Gasteiger partial charge in [0.15, 0.2) is 0 Å². The average molecular weight is 222 g/mol. The second-order valence-electron chi connectivity index (χ2n) is 3.49. The highest BCUT2D eigenvalue weighted by molar-refractivity contribution is 7.51. The molecule has 2 amide bonds. The first-order valence-corrected chi connectivity index (χ1v) is 6.29. The molecule has 7 heteroatoms. The molecule has 1 saturated heterocycles. The molecule has 0 aromatic rings. The van der Waals surface area contributed by atoms with Crippen molar-refractivity contribution in [3.63, 3.8) is 0 Å². The number of carbonyl (C=O) groups excluding carboxylic acids is 1. The summed E-state index contributed by atoms with van der Waals surface area (Å²) in [7, 11) is -4.14. The minimum atomic E-state index is -4.14. The van der Waals surface area contributed by atoms with Crippen molar-refractivity contribution in [3.05, 3.63) is 0 Å². The van der Waals surface area contributed by atoms with Crippen LogP contribution in [0.25, 0.3) is 0 Å². The summed E-state index contributed by atoms with van der Waals surface area (Å²) in [4.78, 5) is 30.1. The smallest absolute Gasteiger partial charge is 0.326 e. The average Bonchev–Trinajstić information content (AvgIpc) is 2.46. The molecule has 0 bridgehead atoms. The lowest BCUT2D eigenvalue weighted by Crippen LogP contribution is -2.41. The normalized spacial score (nSPS) is 22.5. The maximum absolute atomic E-state index is 11.4. The van der Waals surface area contributed by atoms with Crippen LogP contribution in [-0.4, -0.2) is 39.6 Å². The Morgan fingerprint density at radius 3 is 2.71 bits per heavy atom. The van der Waals surface area contributed by atoms with Crippen molar-refractivity contribution >= 4 is 13.6 Å². The number of carbonyl (C=O) groups is 1. The minimum Gasteiger partial charge on any atom is -0.326 e. The van der Waals surface area contributed by atoms with Crippen LogP contribution in [0.5, 0.6) is 0 Å². The fourth-order valence-corrected chi connectivity index (χ4v) is 1.85. The van der Waals surface area contributed by atoms with E-state index in [2.05, 4.69) is 5.32 Å². The van der Waals surface area contributed by atoms with Crippen molar-refractivity contribution in [2.24, 2.45) is 0 Å². The molecule has 82 valence electrons. The van der Waals surface area contributed by atoms with Gasteiger partial charge < -0.3 is 20.0 Å². The topological polar surface area (TPSA) is 89.9 Å². The molecule has 1 aliphatic heterocycles. The number of amides is 2. The van der Waals surface area contributed by atoms with E-state index < -0.39 is 19.9 Å². The summed E-state index contributed by atoms with van der Waals surface area (Å²) in [6.07, 6.45) is 1.31. The Bertz CT molecular complexity index is 264. The summed E-state index contributed by atoms with van der Waals surface area (Å²) in [6.45, 7) is 2.58. The van der Waals surface area contributed by atoms with E-state index in [1.165, 1.54) is 0 Å². The number of nitrogens with zero attached hydrogens (tertiary/aromatic N) is 1. The maximum atomic E-state index is 11.4. The lowest BCUT2D eigenvalue weighted by Gasteiger charge is -2.21. The molecule has 1 atom stereocenters. The van der Waals surface area contributed by atoms with E-state index in [9.17, 15) is 9.36 Å². The third-order valence-corrected chi connectivity index (χ3v) is 2.82. The number of likely N-dealkylation sites (tertiary alicyclic amines) is 1. The number of urea groups is 1. The van der Waals surface area contributed by atoms with Gasteiger partial charge in [0.05, 0.1) is 0 Å². The first-order valence-electron chi connectivity index (χ1n) is 4.49. The summed E-state index contributed by atoms with van der Waals surface area (Å²) >= 11 is 0. The molecule has 1 aliphatic rings. The SMILES string of the molecule is C[C@@H]1CCCN1C(=O)NCP(=O)(O)O. The van der Waals surface area contributed by atoms with E-state index in [0.29, 0.717) is 6.54 Å². The Morgan fingerprint density at radius 1 is 1.64 bits per heavy atom. The highest BCUT2D eigenvalue weighted by atomic mass is 31.2. The van der Waals surface area contributed by atoms with Crippen molar-refractivity contribution in [2.45, 2.75) is 25.8 Å². The van der Waals surface area contributed by atoms with Gasteiger partial charge in [-0.25, -0.2) is 4.79 Å². The van der Waals surface area contributed by atoms with E-state index >= 15 is 0 Å². The summed E-state index contributed by atoms with van der Waals surface area (Å²) in [6, 6.07) is -0.231. The van der Waals surface area contributed by atoms with Gasteiger partial charge in [0, 0.05) is 12.6 Å². The monoisotopic (exact) mass is 222 g/mol. The van der Waals surface area contributed by atoms with Gasteiger partial charge in [-0.1, -0.05) is 0 Å². The Morgan fingerprint density at radius 2 is 2.29 bits per heavy atom. The van der Waals surface area contributed by atoms with Gasteiger partial charge in [0.1, 0.15) is 6.29 Å². The van der Waals surface area contributed by atoms with Crippen molar-refractivity contribution in [2.75, 3.05) is 12.8 Å². The summed E-state index contributed by atoms with van der Waals surface area (Å²) < 4.78 is 10.5. The van der Waals surface area contributed by atoms with E-state index in [1.54, 1.807) is 4.90 Å². The first-order chi connectivity index (χ1) is 6.40. The minimum absolute atomic E-state index is 0.159. The number of hydrogen-bond donors (Lipinski definition) is 3. The Labute approximate surface area is 82.4 Å². The van der Waals surface area contributed by atoms with Crippen LogP contribution in [0.4, 0.5) is 4.79 Å². The zero-order chi connectivity index (χ0) is 10.8. The standard InChI is InChI=1S/C7H15N2O4P/c1-6-3-2-4-9(6)7(10)8-5-14(11,12)13/h6H,2-5H2,1H3,(H,8,10)(H2,11,12,13)/t6-/m1/s1. The van der Waals surface area contributed by atoms with Gasteiger partial charge in [0.25, 0.3) is 0 Å². The molecule has 0 spiro atoms.